The normalized spacial score (nSPS) is 16.6. The van der Waals surface area contributed by atoms with Crippen LogP contribution in [0.2, 0.25) is 5.02 Å². The smallest absolute Gasteiger partial charge is 0.253 e. The summed E-state index contributed by atoms with van der Waals surface area (Å²) in [7, 11) is 0. The van der Waals surface area contributed by atoms with Crippen LogP contribution in [-0.2, 0) is 0 Å². The topological polar surface area (TPSA) is 83.9 Å². The van der Waals surface area contributed by atoms with Crippen LogP contribution in [0.4, 0.5) is 11.6 Å². The summed E-state index contributed by atoms with van der Waals surface area (Å²) in [4.78, 5) is 31.6. The second-order valence-corrected chi connectivity index (χ2v) is 7.09. The largest absolute Gasteiger partial charge is 0.338 e. The quantitative estimate of drug-likeness (QED) is 0.726. The van der Waals surface area contributed by atoms with Gasteiger partial charge in [-0.15, -0.1) is 0 Å². The standard InChI is InChI=1S/C20H19ClN6O/c21-16-5-3-14(4-6-16)19(28)27-9-1-2-15(12-27)18-7-8-24-20(26-18)25-17-10-22-13-23-11-17/h3-8,10-11,13,15H,1-2,9,12H2,(H,24,25,26)/t15-/m1/s1. The number of halogens is 1. The van der Waals surface area contributed by atoms with Crippen LogP contribution in [-0.4, -0.2) is 43.8 Å². The molecule has 0 saturated carbocycles. The molecule has 1 fully saturated rings. The van der Waals surface area contributed by atoms with Crippen molar-refractivity contribution in [1.82, 2.24) is 24.8 Å². The van der Waals surface area contributed by atoms with Gasteiger partial charge in [0.25, 0.3) is 5.91 Å². The Hall–Kier alpha value is -3.06. The van der Waals surface area contributed by atoms with Gasteiger partial charge in [0.05, 0.1) is 23.8 Å². The SMILES string of the molecule is O=C(c1ccc(Cl)cc1)N1CCC[C@@H](c2ccnc(Nc3cncnc3)n2)C1. The molecule has 1 atom stereocenters. The fraction of sp³-hybridized carbons (Fsp3) is 0.250. The second kappa shape index (κ2) is 8.31. The molecule has 3 aromatic rings. The molecule has 1 aromatic carbocycles. The maximum Gasteiger partial charge on any atom is 0.253 e. The van der Waals surface area contributed by atoms with Crippen molar-refractivity contribution in [3.8, 4) is 0 Å². The third-order valence-corrected chi connectivity index (χ3v) is 4.96. The lowest BCUT2D eigenvalue weighted by Gasteiger charge is -2.32. The van der Waals surface area contributed by atoms with E-state index in [1.807, 2.05) is 11.0 Å². The minimum absolute atomic E-state index is 0.0233. The van der Waals surface area contributed by atoms with E-state index in [1.165, 1.54) is 6.33 Å². The maximum atomic E-state index is 12.8. The van der Waals surface area contributed by atoms with Crippen LogP contribution in [0.15, 0.2) is 55.2 Å². The lowest BCUT2D eigenvalue weighted by atomic mass is 9.94. The second-order valence-electron chi connectivity index (χ2n) is 6.65. The summed E-state index contributed by atoms with van der Waals surface area (Å²) in [5.41, 5.74) is 2.30. The third kappa shape index (κ3) is 4.26. The summed E-state index contributed by atoms with van der Waals surface area (Å²) in [5.74, 6) is 0.684. The van der Waals surface area contributed by atoms with Crippen molar-refractivity contribution >= 4 is 29.1 Å². The average Bonchev–Trinajstić information content (AvgIpc) is 2.75. The van der Waals surface area contributed by atoms with Crippen LogP contribution in [0.1, 0.15) is 34.8 Å². The predicted octanol–water partition coefficient (Wildman–Crippen LogP) is 3.68. The molecule has 7 nitrogen and oxygen atoms in total. The van der Waals surface area contributed by atoms with Gasteiger partial charge in [-0.2, -0.15) is 0 Å². The lowest BCUT2D eigenvalue weighted by Crippen LogP contribution is -2.39. The molecule has 0 unspecified atom stereocenters. The molecule has 0 spiro atoms. The fourth-order valence-electron chi connectivity index (χ4n) is 3.33. The van der Waals surface area contributed by atoms with E-state index in [4.69, 9.17) is 11.6 Å². The van der Waals surface area contributed by atoms with Crippen molar-refractivity contribution in [2.45, 2.75) is 18.8 Å². The molecule has 1 aliphatic heterocycles. The van der Waals surface area contributed by atoms with E-state index in [1.54, 1.807) is 42.9 Å². The van der Waals surface area contributed by atoms with E-state index in [0.29, 0.717) is 23.1 Å². The molecule has 3 heterocycles. The summed E-state index contributed by atoms with van der Waals surface area (Å²) >= 11 is 5.93. The van der Waals surface area contributed by atoms with Gasteiger partial charge in [0.15, 0.2) is 0 Å². The van der Waals surface area contributed by atoms with Gasteiger partial charge in [0.1, 0.15) is 6.33 Å². The van der Waals surface area contributed by atoms with Gasteiger partial charge >= 0.3 is 0 Å². The number of benzene rings is 1. The number of likely N-dealkylation sites (tertiary alicyclic amines) is 1. The Morgan fingerprint density at radius 2 is 1.93 bits per heavy atom. The number of nitrogens with one attached hydrogen (secondary N) is 1. The zero-order chi connectivity index (χ0) is 19.3. The summed E-state index contributed by atoms with van der Waals surface area (Å²) in [5, 5.41) is 3.73. The minimum atomic E-state index is 0.0233. The van der Waals surface area contributed by atoms with Gasteiger partial charge in [-0.1, -0.05) is 11.6 Å². The molecule has 1 amide bonds. The predicted molar refractivity (Wildman–Crippen MR) is 107 cm³/mol. The average molecular weight is 395 g/mol. The zero-order valence-electron chi connectivity index (χ0n) is 15.1. The highest BCUT2D eigenvalue weighted by Gasteiger charge is 2.26. The van der Waals surface area contributed by atoms with Crippen LogP contribution in [0.3, 0.4) is 0 Å². The number of nitrogens with zero attached hydrogens (tertiary/aromatic N) is 5. The molecule has 8 heteroatoms. The number of carbonyl (C=O) groups is 1. The number of amides is 1. The lowest BCUT2D eigenvalue weighted by molar-refractivity contribution is 0.0706. The number of anilines is 2. The summed E-state index contributed by atoms with van der Waals surface area (Å²) in [6.45, 7) is 1.38. The Bertz CT molecular complexity index is 950. The van der Waals surface area contributed by atoms with Crippen molar-refractivity contribution in [2.75, 3.05) is 18.4 Å². The Kier molecular flexibility index (Phi) is 5.43. The first-order valence-corrected chi connectivity index (χ1v) is 9.46. The van der Waals surface area contributed by atoms with Gasteiger partial charge < -0.3 is 10.2 Å². The number of hydrogen-bond donors (Lipinski definition) is 1. The molecule has 1 N–H and O–H groups in total. The molecule has 1 aliphatic rings. The summed E-state index contributed by atoms with van der Waals surface area (Å²) in [6, 6.07) is 8.93. The van der Waals surface area contributed by atoms with Gasteiger partial charge in [0, 0.05) is 35.8 Å². The van der Waals surface area contributed by atoms with E-state index in [9.17, 15) is 4.79 Å². The molecule has 0 aliphatic carbocycles. The highest BCUT2D eigenvalue weighted by atomic mass is 35.5. The van der Waals surface area contributed by atoms with Gasteiger partial charge in [-0.25, -0.2) is 19.9 Å². The molecule has 28 heavy (non-hydrogen) atoms. The van der Waals surface area contributed by atoms with Crippen LogP contribution < -0.4 is 5.32 Å². The van der Waals surface area contributed by atoms with Crippen LogP contribution in [0.25, 0.3) is 0 Å². The van der Waals surface area contributed by atoms with Gasteiger partial charge in [0.2, 0.25) is 5.95 Å². The molecule has 4 rings (SSSR count). The number of aromatic nitrogens is 4. The third-order valence-electron chi connectivity index (χ3n) is 4.71. The molecule has 1 saturated heterocycles. The Morgan fingerprint density at radius 3 is 2.71 bits per heavy atom. The molecule has 142 valence electrons. The molecular weight excluding hydrogens is 376 g/mol. The van der Waals surface area contributed by atoms with Crippen LogP contribution in [0, 0.1) is 0 Å². The van der Waals surface area contributed by atoms with Crippen molar-refractivity contribution in [3.63, 3.8) is 0 Å². The number of rotatable bonds is 4. The molecule has 0 radical (unpaired) electrons. The first kappa shape index (κ1) is 18.3. The van der Waals surface area contributed by atoms with E-state index in [-0.39, 0.29) is 11.8 Å². The Labute approximate surface area is 167 Å². The molecular formula is C20H19ClN6O. The highest BCUT2D eigenvalue weighted by molar-refractivity contribution is 6.30. The van der Waals surface area contributed by atoms with E-state index in [2.05, 4.69) is 25.3 Å². The Morgan fingerprint density at radius 1 is 1.14 bits per heavy atom. The monoisotopic (exact) mass is 394 g/mol. The highest BCUT2D eigenvalue weighted by Crippen LogP contribution is 2.27. The van der Waals surface area contributed by atoms with Crippen molar-refractivity contribution in [1.29, 1.82) is 0 Å². The van der Waals surface area contributed by atoms with Crippen molar-refractivity contribution in [3.05, 3.63) is 71.5 Å². The minimum Gasteiger partial charge on any atom is -0.338 e. The molecule has 0 bridgehead atoms. The van der Waals surface area contributed by atoms with E-state index in [0.717, 1.165) is 30.8 Å². The van der Waals surface area contributed by atoms with Crippen LogP contribution >= 0.6 is 11.6 Å². The number of hydrogen-bond acceptors (Lipinski definition) is 6. The summed E-state index contributed by atoms with van der Waals surface area (Å²) in [6.07, 6.45) is 8.44. The van der Waals surface area contributed by atoms with E-state index < -0.39 is 0 Å². The maximum absolute atomic E-state index is 12.8. The van der Waals surface area contributed by atoms with Crippen molar-refractivity contribution < 1.29 is 4.79 Å². The first-order valence-electron chi connectivity index (χ1n) is 9.09. The van der Waals surface area contributed by atoms with Crippen LogP contribution in [0.5, 0.6) is 0 Å². The zero-order valence-corrected chi connectivity index (χ0v) is 15.9. The first-order chi connectivity index (χ1) is 13.7. The van der Waals surface area contributed by atoms with Crippen molar-refractivity contribution in [2.24, 2.45) is 0 Å². The molecule has 2 aromatic heterocycles. The number of piperidine rings is 1. The Balaban J connectivity index is 1.48. The van der Waals surface area contributed by atoms with Gasteiger partial charge in [-0.3, -0.25) is 4.79 Å². The fourth-order valence-corrected chi connectivity index (χ4v) is 3.46. The van der Waals surface area contributed by atoms with E-state index >= 15 is 0 Å². The van der Waals surface area contributed by atoms with Gasteiger partial charge in [-0.05, 0) is 43.2 Å². The number of carbonyl (C=O) groups excluding carboxylic acids is 1. The summed E-state index contributed by atoms with van der Waals surface area (Å²) < 4.78 is 0.